The minimum Gasteiger partial charge on any atom is -0.457 e. The number of hydrogen-bond acceptors (Lipinski definition) is 5. The van der Waals surface area contributed by atoms with Crippen molar-refractivity contribution >= 4 is 16.9 Å². The molecule has 0 unspecified atom stereocenters. The molecular weight excluding hydrogens is 330 g/mol. The number of rotatable bonds is 6. The van der Waals surface area contributed by atoms with Gasteiger partial charge in [-0.2, -0.15) is 5.26 Å². The standard InChI is InChI=1S/C20H17N3O3/c21-12-13-23-18(22-17-9-5-4-8-16(17)20(23)25)14-26-19(24)11-10-15-6-2-1-3-7-15/h1-9H,10-11,13-14H2. The third-order valence-corrected chi connectivity index (χ3v) is 3.99. The molecule has 0 aliphatic rings. The van der Waals surface area contributed by atoms with Crippen LogP contribution < -0.4 is 5.56 Å². The number of carbonyl (C=O) groups excluding carboxylic acids is 1. The summed E-state index contributed by atoms with van der Waals surface area (Å²) in [5, 5.41) is 9.42. The molecule has 3 aromatic rings. The SMILES string of the molecule is N#CCn1c(COC(=O)CCc2ccccc2)nc2ccccc2c1=O. The second-order valence-electron chi connectivity index (χ2n) is 5.74. The van der Waals surface area contributed by atoms with E-state index in [1.165, 1.54) is 4.57 Å². The normalized spacial score (nSPS) is 10.4. The molecule has 1 aromatic heterocycles. The van der Waals surface area contributed by atoms with Crippen LogP contribution in [-0.2, 0) is 29.1 Å². The van der Waals surface area contributed by atoms with Crippen molar-refractivity contribution < 1.29 is 9.53 Å². The van der Waals surface area contributed by atoms with E-state index in [4.69, 9.17) is 10.00 Å². The van der Waals surface area contributed by atoms with Crippen molar-refractivity contribution in [3.8, 4) is 6.07 Å². The average molecular weight is 347 g/mol. The Labute approximate surface area is 150 Å². The van der Waals surface area contributed by atoms with Gasteiger partial charge < -0.3 is 4.74 Å². The molecule has 0 spiro atoms. The number of fused-ring (bicyclic) bond motifs is 1. The smallest absolute Gasteiger partial charge is 0.306 e. The maximum Gasteiger partial charge on any atom is 0.306 e. The molecule has 0 bridgehead atoms. The van der Waals surface area contributed by atoms with Crippen molar-refractivity contribution in [2.75, 3.05) is 0 Å². The van der Waals surface area contributed by atoms with Crippen LogP contribution in [-0.4, -0.2) is 15.5 Å². The molecule has 3 rings (SSSR count). The van der Waals surface area contributed by atoms with Gasteiger partial charge in [0.25, 0.3) is 5.56 Å². The summed E-state index contributed by atoms with van der Waals surface area (Å²) in [6, 6.07) is 18.5. The van der Waals surface area contributed by atoms with Gasteiger partial charge >= 0.3 is 5.97 Å². The lowest BCUT2D eigenvalue weighted by atomic mass is 10.1. The zero-order chi connectivity index (χ0) is 18.4. The zero-order valence-electron chi connectivity index (χ0n) is 14.1. The third-order valence-electron chi connectivity index (χ3n) is 3.99. The van der Waals surface area contributed by atoms with Crippen LogP contribution in [0.4, 0.5) is 0 Å². The van der Waals surface area contributed by atoms with Crippen LogP contribution in [0.5, 0.6) is 0 Å². The summed E-state index contributed by atoms with van der Waals surface area (Å²) in [5.74, 6) is -0.108. The van der Waals surface area contributed by atoms with Gasteiger partial charge in [0, 0.05) is 6.42 Å². The van der Waals surface area contributed by atoms with E-state index in [9.17, 15) is 9.59 Å². The number of esters is 1. The van der Waals surface area contributed by atoms with E-state index in [1.807, 2.05) is 36.4 Å². The second kappa shape index (κ2) is 8.08. The molecule has 130 valence electrons. The molecule has 0 saturated heterocycles. The van der Waals surface area contributed by atoms with Gasteiger partial charge in [-0.15, -0.1) is 0 Å². The third kappa shape index (κ3) is 3.95. The number of para-hydroxylation sites is 1. The summed E-state index contributed by atoms with van der Waals surface area (Å²) in [5.41, 5.74) is 1.25. The van der Waals surface area contributed by atoms with E-state index in [1.54, 1.807) is 24.3 Å². The summed E-state index contributed by atoms with van der Waals surface area (Å²) < 4.78 is 6.51. The van der Waals surface area contributed by atoms with Crippen LogP contribution in [0, 0.1) is 11.3 Å². The Morgan fingerprint density at radius 3 is 2.62 bits per heavy atom. The topological polar surface area (TPSA) is 85.0 Å². The van der Waals surface area contributed by atoms with Gasteiger partial charge in [0.1, 0.15) is 13.2 Å². The molecule has 0 aliphatic heterocycles. The Balaban J connectivity index is 1.73. The van der Waals surface area contributed by atoms with E-state index in [0.717, 1.165) is 5.56 Å². The van der Waals surface area contributed by atoms with Gasteiger partial charge in [0.2, 0.25) is 0 Å². The summed E-state index contributed by atoms with van der Waals surface area (Å²) in [7, 11) is 0. The Hall–Kier alpha value is -3.46. The molecule has 0 atom stereocenters. The van der Waals surface area contributed by atoms with Gasteiger partial charge in [0.15, 0.2) is 5.82 Å². The lowest BCUT2D eigenvalue weighted by Crippen LogP contribution is -2.26. The first kappa shape index (κ1) is 17.4. The monoisotopic (exact) mass is 347 g/mol. The maximum absolute atomic E-state index is 12.5. The molecule has 0 N–H and O–H groups in total. The summed E-state index contributed by atoms with van der Waals surface area (Å²) in [6.07, 6.45) is 0.815. The van der Waals surface area contributed by atoms with Crippen molar-refractivity contribution in [3.05, 3.63) is 76.3 Å². The summed E-state index contributed by atoms with van der Waals surface area (Å²) >= 11 is 0. The van der Waals surface area contributed by atoms with Crippen LogP contribution in [0.2, 0.25) is 0 Å². The predicted octanol–water partition coefficient (Wildman–Crippen LogP) is 2.60. The van der Waals surface area contributed by atoms with Crippen LogP contribution in [0.1, 0.15) is 17.8 Å². The van der Waals surface area contributed by atoms with E-state index in [2.05, 4.69) is 4.98 Å². The van der Waals surface area contributed by atoms with Crippen LogP contribution in [0.3, 0.4) is 0 Å². The minimum absolute atomic E-state index is 0.143. The molecule has 0 aliphatic carbocycles. The maximum atomic E-state index is 12.5. The first-order chi connectivity index (χ1) is 12.7. The first-order valence-electron chi connectivity index (χ1n) is 8.24. The van der Waals surface area contributed by atoms with Crippen LogP contribution in [0.15, 0.2) is 59.4 Å². The molecule has 0 amide bonds. The molecule has 0 radical (unpaired) electrons. The molecule has 0 fully saturated rings. The molecular formula is C20H17N3O3. The Bertz CT molecular complexity index is 1020. The highest BCUT2D eigenvalue weighted by Gasteiger charge is 2.13. The average Bonchev–Trinajstić information content (AvgIpc) is 2.68. The highest BCUT2D eigenvalue weighted by atomic mass is 16.5. The fraction of sp³-hybridized carbons (Fsp3) is 0.200. The van der Waals surface area contributed by atoms with Crippen molar-refractivity contribution in [2.24, 2.45) is 0 Å². The number of benzene rings is 2. The van der Waals surface area contributed by atoms with E-state index in [0.29, 0.717) is 17.3 Å². The molecule has 0 saturated carbocycles. The minimum atomic E-state index is -0.375. The van der Waals surface area contributed by atoms with Crippen molar-refractivity contribution in [1.82, 2.24) is 9.55 Å². The quantitative estimate of drug-likeness (QED) is 0.640. The van der Waals surface area contributed by atoms with E-state index in [-0.39, 0.29) is 36.9 Å². The van der Waals surface area contributed by atoms with Gasteiger partial charge in [-0.05, 0) is 24.1 Å². The number of aryl methyl sites for hydroxylation is 1. The van der Waals surface area contributed by atoms with Crippen LogP contribution >= 0.6 is 0 Å². The molecule has 2 aromatic carbocycles. The van der Waals surface area contributed by atoms with Crippen molar-refractivity contribution in [3.63, 3.8) is 0 Å². The fourth-order valence-electron chi connectivity index (χ4n) is 2.67. The number of carbonyl (C=O) groups is 1. The van der Waals surface area contributed by atoms with Gasteiger partial charge in [0.05, 0.1) is 17.0 Å². The molecule has 6 heteroatoms. The van der Waals surface area contributed by atoms with E-state index < -0.39 is 0 Å². The largest absolute Gasteiger partial charge is 0.457 e. The number of nitriles is 1. The van der Waals surface area contributed by atoms with Crippen LogP contribution in [0.25, 0.3) is 10.9 Å². The highest BCUT2D eigenvalue weighted by molar-refractivity contribution is 5.77. The molecule has 6 nitrogen and oxygen atoms in total. The number of ether oxygens (including phenoxy) is 1. The lowest BCUT2D eigenvalue weighted by Gasteiger charge is -2.11. The van der Waals surface area contributed by atoms with E-state index >= 15 is 0 Å². The summed E-state index contributed by atoms with van der Waals surface area (Å²) in [4.78, 5) is 28.9. The second-order valence-corrected chi connectivity index (χ2v) is 5.74. The fourth-order valence-corrected chi connectivity index (χ4v) is 2.67. The zero-order valence-corrected chi connectivity index (χ0v) is 14.1. The number of hydrogen-bond donors (Lipinski definition) is 0. The van der Waals surface area contributed by atoms with Gasteiger partial charge in [-0.1, -0.05) is 42.5 Å². The molecule has 26 heavy (non-hydrogen) atoms. The predicted molar refractivity (Wildman–Crippen MR) is 96.2 cm³/mol. The lowest BCUT2D eigenvalue weighted by molar-refractivity contribution is -0.145. The Kier molecular flexibility index (Phi) is 5.40. The highest BCUT2D eigenvalue weighted by Crippen LogP contribution is 2.10. The Morgan fingerprint density at radius 2 is 1.85 bits per heavy atom. The number of nitrogens with zero attached hydrogens (tertiary/aromatic N) is 3. The Morgan fingerprint density at radius 1 is 1.12 bits per heavy atom. The molecule has 1 heterocycles. The van der Waals surface area contributed by atoms with Gasteiger partial charge in [-0.25, -0.2) is 4.98 Å². The van der Waals surface area contributed by atoms with Gasteiger partial charge in [-0.3, -0.25) is 14.2 Å². The van der Waals surface area contributed by atoms with Crippen molar-refractivity contribution in [2.45, 2.75) is 26.0 Å². The summed E-state index contributed by atoms with van der Waals surface area (Å²) in [6.45, 7) is -0.289. The number of aromatic nitrogens is 2. The first-order valence-corrected chi connectivity index (χ1v) is 8.24. The van der Waals surface area contributed by atoms with Crippen molar-refractivity contribution in [1.29, 1.82) is 5.26 Å².